The van der Waals surface area contributed by atoms with Crippen molar-refractivity contribution >= 4 is 23.0 Å². The van der Waals surface area contributed by atoms with Crippen LogP contribution in [0, 0.1) is 0 Å². The normalized spacial score (nSPS) is 15.2. The first-order valence-electron chi connectivity index (χ1n) is 9.44. The van der Waals surface area contributed by atoms with Gasteiger partial charge in [0.1, 0.15) is 0 Å². The Bertz CT molecular complexity index is 801. The number of Topliss-reactive ketones (excluding diaryl/α,β-unsaturated/α-hetero) is 1. The predicted molar refractivity (Wildman–Crippen MR) is 109 cm³/mol. The molecule has 2 aromatic rings. The highest BCUT2D eigenvalue weighted by Crippen LogP contribution is 2.29. The smallest absolute Gasteiger partial charge is 0.258 e. The molecule has 0 radical (unpaired) electrons. The van der Waals surface area contributed by atoms with Gasteiger partial charge in [0.15, 0.2) is 23.9 Å². The molecule has 0 aliphatic carbocycles. The minimum absolute atomic E-state index is 0.0517. The van der Waals surface area contributed by atoms with Gasteiger partial charge in [-0.3, -0.25) is 14.5 Å². The van der Waals surface area contributed by atoms with Crippen molar-refractivity contribution in [2.45, 2.75) is 25.8 Å². The van der Waals surface area contributed by atoms with Crippen molar-refractivity contribution in [3.8, 4) is 11.5 Å². The Labute approximate surface area is 169 Å². The monoisotopic (exact) mass is 402 g/mol. The van der Waals surface area contributed by atoms with E-state index in [1.165, 1.54) is 31.8 Å². The van der Waals surface area contributed by atoms with Crippen LogP contribution < -0.4 is 14.8 Å². The average Bonchev–Trinajstić information content (AvgIpc) is 3.41. The maximum atomic E-state index is 12.3. The van der Waals surface area contributed by atoms with Crippen molar-refractivity contribution in [1.29, 1.82) is 0 Å². The lowest BCUT2D eigenvalue weighted by Gasteiger charge is -2.26. The lowest BCUT2D eigenvalue weighted by molar-refractivity contribution is -0.123. The SMILES string of the molecule is COc1cc(C(C)=O)ccc1OCC(=O)NCC(c1cccs1)N1CCCC1. The van der Waals surface area contributed by atoms with Gasteiger partial charge in [0.25, 0.3) is 5.91 Å². The van der Waals surface area contributed by atoms with Crippen molar-refractivity contribution in [3.63, 3.8) is 0 Å². The number of hydrogen-bond donors (Lipinski definition) is 1. The molecule has 1 atom stereocenters. The topological polar surface area (TPSA) is 67.9 Å². The van der Waals surface area contributed by atoms with E-state index in [4.69, 9.17) is 9.47 Å². The van der Waals surface area contributed by atoms with E-state index in [0.29, 0.717) is 23.6 Å². The fourth-order valence-electron chi connectivity index (χ4n) is 3.35. The van der Waals surface area contributed by atoms with Crippen LogP contribution in [0.1, 0.15) is 41.0 Å². The average molecular weight is 403 g/mol. The van der Waals surface area contributed by atoms with Crippen LogP contribution in [0.15, 0.2) is 35.7 Å². The molecule has 0 saturated carbocycles. The van der Waals surface area contributed by atoms with Crippen LogP contribution >= 0.6 is 11.3 Å². The van der Waals surface area contributed by atoms with Crippen LogP contribution in [-0.2, 0) is 4.79 Å². The van der Waals surface area contributed by atoms with Gasteiger partial charge >= 0.3 is 0 Å². The highest BCUT2D eigenvalue weighted by atomic mass is 32.1. The number of amides is 1. The number of benzene rings is 1. The van der Waals surface area contributed by atoms with Gasteiger partial charge in [0, 0.05) is 17.0 Å². The highest BCUT2D eigenvalue weighted by Gasteiger charge is 2.24. The fraction of sp³-hybridized carbons (Fsp3) is 0.429. The Balaban J connectivity index is 1.56. The Morgan fingerprint density at radius 2 is 2.00 bits per heavy atom. The van der Waals surface area contributed by atoms with Gasteiger partial charge in [-0.15, -0.1) is 11.3 Å². The van der Waals surface area contributed by atoms with E-state index in [-0.39, 0.29) is 24.3 Å². The summed E-state index contributed by atoms with van der Waals surface area (Å²) in [6.45, 7) is 4.08. The minimum Gasteiger partial charge on any atom is -0.493 e. The standard InChI is InChI=1S/C21H26N2O4S/c1-15(24)16-7-8-18(19(12-16)26-2)27-14-21(25)22-13-17(20-6-5-11-28-20)23-9-3-4-10-23/h5-8,11-12,17H,3-4,9-10,13-14H2,1-2H3,(H,22,25). The van der Waals surface area contributed by atoms with E-state index in [1.807, 2.05) is 6.07 Å². The molecule has 28 heavy (non-hydrogen) atoms. The highest BCUT2D eigenvalue weighted by molar-refractivity contribution is 7.10. The number of rotatable bonds is 9. The maximum absolute atomic E-state index is 12.3. The minimum atomic E-state index is -0.182. The third-order valence-corrected chi connectivity index (χ3v) is 5.85. The van der Waals surface area contributed by atoms with Gasteiger partial charge in [0.2, 0.25) is 0 Å². The summed E-state index contributed by atoms with van der Waals surface area (Å²) >= 11 is 1.72. The largest absolute Gasteiger partial charge is 0.493 e. The van der Waals surface area contributed by atoms with Crippen LogP contribution in [0.3, 0.4) is 0 Å². The second kappa shape index (κ2) is 9.71. The molecule has 0 spiro atoms. The van der Waals surface area contributed by atoms with E-state index < -0.39 is 0 Å². The van der Waals surface area contributed by atoms with Crippen LogP contribution in [-0.4, -0.2) is 49.9 Å². The number of methoxy groups -OCH3 is 1. The van der Waals surface area contributed by atoms with E-state index in [9.17, 15) is 9.59 Å². The number of likely N-dealkylation sites (tertiary alicyclic amines) is 1. The lowest BCUT2D eigenvalue weighted by atomic mass is 10.1. The van der Waals surface area contributed by atoms with Gasteiger partial charge in [-0.25, -0.2) is 0 Å². The third kappa shape index (κ3) is 5.11. The van der Waals surface area contributed by atoms with E-state index in [2.05, 4.69) is 21.7 Å². The number of carbonyl (C=O) groups excluding carboxylic acids is 2. The molecule has 1 aromatic carbocycles. The number of ether oxygens (including phenoxy) is 2. The summed E-state index contributed by atoms with van der Waals surface area (Å²) in [5.41, 5.74) is 0.540. The fourth-order valence-corrected chi connectivity index (χ4v) is 4.22. The summed E-state index contributed by atoms with van der Waals surface area (Å²) in [5, 5.41) is 5.06. The number of nitrogens with one attached hydrogen (secondary N) is 1. The van der Waals surface area contributed by atoms with Crippen molar-refractivity contribution in [2.24, 2.45) is 0 Å². The molecular weight excluding hydrogens is 376 g/mol. The molecule has 1 saturated heterocycles. The van der Waals surface area contributed by atoms with Gasteiger partial charge in [0.05, 0.1) is 13.2 Å². The summed E-state index contributed by atoms with van der Waals surface area (Å²) in [6.07, 6.45) is 2.41. The maximum Gasteiger partial charge on any atom is 0.258 e. The van der Waals surface area contributed by atoms with Crippen molar-refractivity contribution < 1.29 is 19.1 Å². The molecule has 1 fully saturated rings. The lowest BCUT2D eigenvalue weighted by Crippen LogP contribution is -2.38. The van der Waals surface area contributed by atoms with Crippen LogP contribution in [0.5, 0.6) is 11.5 Å². The second-order valence-corrected chi connectivity index (χ2v) is 7.77. The first kappa shape index (κ1) is 20.4. The van der Waals surface area contributed by atoms with Gasteiger partial charge in [-0.2, -0.15) is 0 Å². The van der Waals surface area contributed by atoms with Crippen molar-refractivity contribution in [3.05, 3.63) is 46.2 Å². The Hall–Kier alpha value is -2.38. The van der Waals surface area contributed by atoms with Crippen molar-refractivity contribution in [1.82, 2.24) is 10.2 Å². The molecule has 7 heteroatoms. The van der Waals surface area contributed by atoms with Crippen molar-refractivity contribution in [2.75, 3.05) is 33.4 Å². The zero-order chi connectivity index (χ0) is 19.9. The predicted octanol–water partition coefficient (Wildman–Crippen LogP) is 3.29. The summed E-state index contributed by atoms with van der Waals surface area (Å²) in [7, 11) is 1.51. The summed E-state index contributed by atoms with van der Waals surface area (Å²) in [6, 6.07) is 9.31. The first-order valence-corrected chi connectivity index (χ1v) is 10.3. The summed E-state index contributed by atoms with van der Waals surface area (Å²) in [4.78, 5) is 27.5. The number of carbonyl (C=O) groups is 2. The van der Waals surface area contributed by atoms with E-state index in [1.54, 1.807) is 29.5 Å². The number of hydrogen-bond acceptors (Lipinski definition) is 6. The quantitative estimate of drug-likeness (QED) is 0.652. The third-order valence-electron chi connectivity index (χ3n) is 4.87. The number of nitrogens with zero attached hydrogens (tertiary/aromatic N) is 1. The summed E-state index contributed by atoms with van der Waals surface area (Å²) < 4.78 is 10.9. The molecule has 3 rings (SSSR count). The number of thiophene rings is 1. The molecule has 1 unspecified atom stereocenters. The van der Waals surface area contributed by atoms with Crippen LogP contribution in [0.2, 0.25) is 0 Å². The second-order valence-electron chi connectivity index (χ2n) is 6.79. The summed E-state index contributed by atoms with van der Waals surface area (Å²) in [5.74, 6) is 0.647. The van der Waals surface area contributed by atoms with E-state index >= 15 is 0 Å². The van der Waals surface area contributed by atoms with Gasteiger partial charge in [-0.05, 0) is 62.5 Å². The number of ketones is 1. The molecular formula is C21H26N2O4S. The van der Waals surface area contributed by atoms with Gasteiger partial charge in [-0.1, -0.05) is 6.07 Å². The van der Waals surface area contributed by atoms with Gasteiger partial charge < -0.3 is 14.8 Å². The first-order chi connectivity index (χ1) is 13.6. The van der Waals surface area contributed by atoms with E-state index in [0.717, 1.165) is 13.1 Å². The molecule has 2 heterocycles. The molecule has 6 nitrogen and oxygen atoms in total. The zero-order valence-corrected chi connectivity index (χ0v) is 17.1. The molecule has 150 valence electrons. The Kier molecular flexibility index (Phi) is 7.06. The van der Waals surface area contributed by atoms with Crippen LogP contribution in [0.4, 0.5) is 0 Å². The molecule has 0 bridgehead atoms. The Morgan fingerprint density at radius 3 is 2.64 bits per heavy atom. The molecule has 1 aliphatic rings. The molecule has 1 amide bonds. The Morgan fingerprint density at radius 1 is 1.21 bits per heavy atom. The molecule has 1 aromatic heterocycles. The zero-order valence-electron chi connectivity index (χ0n) is 16.3. The molecule has 1 N–H and O–H groups in total. The van der Waals surface area contributed by atoms with Crippen LogP contribution in [0.25, 0.3) is 0 Å². The molecule has 1 aliphatic heterocycles.